The topological polar surface area (TPSA) is 180 Å². The molecule has 14 heteroatoms. The van der Waals surface area contributed by atoms with Gasteiger partial charge in [0.1, 0.15) is 12.1 Å². The van der Waals surface area contributed by atoms with Crippen molar-refractivity contribution in [2.75, 3.05) is 13.2 Å². The molecule has 5 aliphatic rings. The first-order chi connectivity index (χ1) is 24.9. The first kappa shape index (κ1) is 41.4. The van der Waals surface area contributed by atoms with Crippen molar-refractivity contribution in [3.05, 3.63) is 0 Å². The summed E-state index contributed by atoms with van der Waals surface area (Å²) in [5.41, 5.74) is -2.94. The summed E-state index contributed by atoms with van der Waals surface area (Å²) in [5, 5.41) is 11.7. The molecule has 0 aromatic rings. The molecule has 1 unspecified atom stereocenters. The van der Waals surface area contributed by atoms with Crippen LogP contribution in [0.5, 0.6) is 0 Å². The number of Topliss-reactive ketones (excluding diaryl/α,β-unsaturated/α-hetero) is 1. The zero-order valence-corrected chi connectivity index (χ0v) is 33.7. The normalized spacial score (nSPS) is 28.4. The van der Waals surface area contributed by atoms with Crippen LogP contribution in [-0.4, -0.2) is 95.9 Å². The summed E-state index contributed by atoms with van der Waals surface area (Å²) in [6.07, 6.45) is 11.3. The molecule has 300 valence electrons. The van der Waals surface area contributed by atoms with Gasteiger partial charge in [-0.2, -0.15) is 0 Å². The number of ketones is 1. The highest BCUT2D eigenvalue weighted by atomic mass is 32.2. The highest BCUT2D eigenvalue weighted by molar-refractivity contribution is 7.93. The Morgan fingerprint density at radius 2 is 1.51 bits per heavy atom. The van der Waals surface area contributed by atoms with Gasteiger partial charge in [0.15, 0.2) is 15.3 Å². The van der Waals surface area contributed by atoms with E-state index in [2.05, 4.69) is 35.1 Å². The molecular formula is C39H65N5O8S. The first-order valence-corrected chi connectivity index (χ1v) is 21.9. The maximum Gasteiger partial charge on any atom is 0.316 e. The number of urea groups is 1. The average molecular weight is 764 g/mol. The monoisotopic (exact) mass is 763 g/mol. The van der Waals surface area contributed by atoms with Gasteiger partial charge in [-0.1, -0.05) is 79.1 Å². The number of nitrogens with zero attached hydrogens (tertiary/aromatic N) is 1. The van der Waals surface area contributed by atoms with Gasteiger partial charge in [0.25, 0.3) is 5.91 Å². The van der Waals surface area contributed by atoms with Crippen molar-refractivity contribution in [2.45, 2.75) is 184 Å². The molecule has 5 amide bonds. The second kappa shape index (κ2) is 16.5. The summed E-state index contributed by atoms with van der Waals surface area (Å²) >= 11 is 0. The van der Waals surface area contributed by atoms with Crippen LogP contribution in [0.25, 0.3) is 0 Å². The van der Waals surface area contributed by atoms with E-state index in [1.807, 2.05) is 13.8 Å². The number of sulfone groups is 1. The van der Waals surface area contributed by atoms with E-state index < -0.39 is 72.7 Å². The van der Waals surface area contributed by atoms with Gasteiger partial charge in [0.2, 0.25) is 17.6 Å². The van der Waals surface area contributed by atoms with E-state index in [0.29, 0.717) is 51.5 Å². The summed E-state index contributed by atoms with van der Waals surface area (Å²) in [6, 6.07) is -3.49. The van der Waals surface area contributed by atoms with E-state index in [-0.39, 0.29) is 30.4 Å². The number of carbonyl (C=O) groups excluding carboxylic acids is 5. The van der Waals surface area contributed by atoms with Crippen LogP contribution in [0, 0.1) is 17.3 Å². The fraction of sp³-hybridized carbons (Fsp3) is 0.872. The second-order valence-electron chi connectivity index (χ2n) is 18.0. The Morgan fingerprint density at radius 1 is 0.887 bits per heavy atom. The van der Waals surface area contributed by atoms with Crippen LogP contribution in [-0.2, 0) is 33.8 Å². The summed E-state index contributed by atoms with van der Waals surface area (Å²) in [7, 11) is -3.75. The lowest BCUT2D eigenvalue weighted by Crippen LogP contribution is -2.66. The standard InChI is InChI=1S/C39H65N5O8S/c1-7-8-15-28(30(45)33(47)40-27-16-17-27)41-32(46)29-22-26(25(2)3)23-44(29)34(48)31(38(6)18-11-9-12-19-38)42-36(49)43-39(20-13-10-14-21-39)35-52-24-37(4,5)53(35,50)51/h25-29,31,35H,7-24H2,1-6H3,(H,40,47)(H,41,46)(H2,42,43,49)/t26-,28+,29+,31-,35?/m1/s1. The van der Waals surface area contributed by atoms with Gasteiger partial charge in [0, 0.05) is 12.6 Å². The summed E-state index contributed by atoms with van der Waals surface area (Å²) in [6.45, 7) is 11.7. The minimum atomic E-state index is -3.75. The van der Waals surface area contributed by atoms with E-state index in [1.54, 1.807) is 18.7 Å². The third-order valence-electron chi connectivity index (χ3n) is 12.9. The van der Waals surface area contributed by atoms with Gasteiger partial charge in [-0.3, -0.25) is 19.2 Å². The molecule has 3 aliphatic carbocycles. The lowest BCUT2D eigenvalue weighted by Gasteiger charge is -2.44. The van der Waals surface area contributed by atoms with Crippen molar-refractivity contribution >= 4 is 39.4 Å². The fourth-order valence-electron chi connectivity index (χ4n) is 8.97. The first-order valence-electron chi connectivity index (χ1n) is 20.3. The zero-order chi connectivity index (χ0) is 38.8. The quantitative estimate of drug-likeness (QED) is 0.190. The van der Waals surface area contributed by atoms with Crippen molar-refractivity contribution in [3.8, 4) is 0 Å². The maximum absolute atomic E-state index is 15.0. The number of likely N-dealkylation sites (tertiary alicyclic amines) is 1. The Hall–Kier alpha value is -2.74. The van der Waals surface area contributed by atoms with Crippen LogP contribution in [0.15, 0.2) is 0 Å². The number of ether oxygens (including phenoxy) is 1. The number of hydrogen-bond donors (Lipinski definition) is 4. The van der Waals surface area contributed by atoms with Crippen LogP contribution >= 0.6 is 0 Å². The molecule has 0 aromatic carbocycles. The van der Waals surface area contributed by atoms with Gasteiger partial charge >= 0.3 is 6.03 Å². The lowest BCUT2D eigenvalue weighted by atomic mass is 9.70. The molecule has 2 saturated heterocycles. The second-order valence-corrected chi connectivity index (χ2v) is 20.6. The molecule has 2 aliphatic heterocycles. The van der Waals surface area contributed by atoms with Gasteiger partial charge in [-0.05, 0) is 82.5 Å². The van der Waals surface area contributed by atoms with Crippen molar-refractivity contribution in [2.24, 2.45) is 17.3 Å². The van der Waals surface area contributed by atoms with Gasteiger partial charge in [-0.15, -0.1) is 0 Å². The van der Waals surface area contributed by atoms with E-state index >= 15 is 0 Å². The molecule has 0 bridgehead atoms. The fourth-order valence-corrected chi connectivity index (χ4v) is 10.9. The Balaban J connectivity index is 1.40. The minimum absolute atomic E-state index is 0.00133. The molecule has 0 aromatic heterocycles. The lowest BCUT2D eigenvalue weighted by molar-refractivity contribution is -0.144. The number of unbranched alkanes of at least 4 members (excludes halogenated alkanes) is 1. The Kier molecular flexibility index (Phi) is 12.9. The average Bonchev–Trinajstić information content (AvgIpc) is 3.74. The smallest absolute Gasteiger partial charge is 0.316 e. The zero-order valence-electron chi connectivity index (χ0n) is 32.9. The molecule has 53 heavy (non-hydrogen) atoms. The summed E-state index contributed by atoms with van der Waals surface area (Å²) in [5.74, 6) is -2.03. The van der Waals surface area contributed by atoms with E-state index in [4.69, 9.17) is 4.74 Å². The molecule has 4 N–H and O–H groups in total. The SMILES string of the molecule is CCCC[C@H](NC(=O)[C@@H]1C[C@@H](C(C)C)CN1C(=O)[C@@H](NC(=O)NC1(C2OCC(C)(C)S2(=O)=O)CCCCC1)C1(C)CCCCC1)C(=O)C(=O)NC1CC1. The molecule has 2 heterocycles. The largest absolute Gasteiger partial charge is 0.358 e. The Bertz CT molecular complexity index is 1480. The number of amides is 5. The molecule has 13 nitrogen and oxygen atoms in total. The molecule has 3 saturated carbocycles. The van der Waals surface area contributed by atoms with E-state index in [1.165, 1.54) is 0 Å². The number of rotatable bonds is 14. The number of carbonyl (C=O) groups is 5. The van der Waals surface area contributed by atoms with Crippen molar-refractivity contribution in [3.63, 3.8) is 0 Å². The van der Waals surface area contributed by atoms with E-state index in [9.17, 15) is 32.4 Å². The summed E-state index contributed by atoms with van der Waals surface area (Å²) in [4.78, 5) is 71.0. The van der Waals surface area contributed by atoms with Crippen molar-refractivity contribution in [1.82, 2.24) is 26.2 Å². The number of nitrogens with one attached hydrogen (secondary N) is 4. The van der Waals surface area contributed by atoms with Gasteiger partial charge in [0.05, 0.1) is 22.9 Å². The number of hydrogen-bond acceptors (Lipinski definition) is 8. The van der Waals surface area contributed by atoms with Crippen LogP contribution in [0.3, 0.4) is 0 Å². The third-order valence-corrected chi connectivity index (χ3v) is 15.7. The molecule has 5 atom stereocenters. The molecule has 5 fully saturated rings. The molecule has 5 rings (SSSR count). The predicted octanol–water partition coefficient (Wildman–Crippen LogP) is 4.27. The third kappa shape index (κ3) is 9.05. The Morgan fingerprint density at radius 3 is 2.06 bits per heavy atom. The highest BCUT2D eigenvalue weighted by Crippen LogP contribution is 2.44. The van der Waals surface area contributed by atoms with Crippen LogP contribution in [0.1, 0.15) is 144 Å². The maximum atomic E-state index is 15.0. The van der Waals surface area contributed by atoms with Crippen molar-refractivity contribution < 1.29 is 37.1 Å². The van der Waals surface area contributed by atoms with Crippen molar-refractivity contribution in [1.29, 1.82) is 0 Å². The summed E-state index contributed by atoms with van der Waals surface area (Å²) < 4.78 is 32.3. The van der Waals surface area contributed by atoms with Crippen LogP contribution in [0.4, 0.5) is 4.79 Å². The minimum Gasteiger partial charge on any atom is -0.358 e. The van der Waals surface area contributed by atoms with Gasteiger partial charge in [-0.25, -0.2) is 13.2 Å². The van der Waals surface area contributed by atoms with Gasteiger partial charge < -0.3 is 30.9 Å². The molecular weight excluding hydrogens is 699 g/mol. The highest BCUT2D eigenvalue weighted by Gasteiger charge is 2.59. The Labute approximate surface area is 316 Å². The van der Waals surface area contributed by atoms with E-state index in [0.717, 1.165) is 57.8 Å². The van der Waals surface area contributed by atoms with Crippen LogP contribution in [0.2, 0.25) is 0 Å². The van der Waals surface area contributed by atoms with Crippen LogP contribution < -0.4 is 21.3 Å². The predicted molar refractivity (Wildman–Crippen MR) is 201 cm³/mol. The molecule has 0 spiro atoms. The molecule has 0 radical (unpaired) electrons.